The van der Waals surface area contributed by atoms with Crippen molar-refractivity contribution in [2.75, 3.05) is 0 Å². The van der Waals surface area contributed by atoms with Gasteiger partial charge in [0.2, 0.25) is 0 Å². The maximum Gasteiger partial charge on any atom is 0.417 e. The second-order valence-corrected chi connectivity index (χ2v) is 6.34. The summed E-state index contributed by atoms with van der Waals surface area (Å²) in [6, 6.07) is 15.2. The number of hydrogen-bond acceptors (Lipinski definition) is 3. The number of fused-ring (bicyclic) bond motifs is 1. The van der Waals surface area contributed by atoms with Crippen LogP contribution in [-0.4, -0.2) is 15.5 Å². The molecule has 4 aromatic rings. The maximum atomic E-state index is 13.3. The summed E-state index contributed by atoms with van der Waals surface area (Å²) >= 11 is 0. The van der Waals surface area contributed by atoms with Crippen LogP contribution < -0.4 is 0 Å². The van der Waals surface area contributed by atoms with Crippen molar-refractivity contribution in [1.82, 2.24) is 9.55 Å². The van der Waals surface area contributed by atoms with E-state index in [4.69, 9.17) is 5.26 Å². The van der Waals surface area contributed by atoms with Gasteiger partial charge in [-0.25, -0.2) is 0 Å². The second kappa shape index (κ2) is 6.91. The smallest absolute Gasteiger partial charge is 0.282 e. The van der Waals surface area contributed by atoms with E-state index in [0.717, 1.165) is 17.7 Å². The predicted molar refractivity (Wildman–Crippen MR) is 101 cm³/mol. The number of hydrogen-bond donors (Lipinski definition) is 0. The summed E-state index contributed by atoms with van der Waals surface area (Å²) < 4.78 is 41.1. The van der Waals surface area contributed by atoms with Gasteiger partial charge in [0.15, 0.2) is 0 Å². The number of alkyl halides is 3. The molecule has 0 saturated heterocycles. The van der Waals surface area contributed by atoms with Crippen molar-refractivity contribution in [3.63, 3.8) is 0 Å². The predicted octanol–water partition coefficient (Wildman–Crippen LogP) is 5.28. The Bertz CT molecular complexity index is 1270. The van der Waals surface area contributed by atoms with Crippen molar-refractivity contribution in [3.8, 4) is 17.2 Å². The fraction of sp³-hybridized carbons (Fsp3) is 0.0455. The molecule has 0 atom stereocenters. The molecule has 29 heavy (non-hydrogen) atoms. The highest BCUT2D eigenvalue weighted by atomic mass is 19.4. The van der Waals surface area contributed by atoms with Crippen LogP contribution in [0.3, 0.4) is 0 Å². The average molecular weight is 391 g/mol. The molecule has 0 N–H and O–H groups in total. The van der Waals surface area contributed by atoms with Gasteiger partial charge in [-0.3, -0.25) is 14.3 Å². The van der Waals surface area contributed by atoms with Crippen LogP contribution in [0.25, 0.3) is 22.0 Å². The summed E-state index contributed by atoms with van der Waals surface area (Å²) in [6.45, 7) is 0. The Morgan fingerprint density at radius 1 is 1.00 bits per heavy atom. The zero-order valence-electron chi connectivity index (χ0n) is 14.8. The Morgan fingerprint density at radius 3 is 2.41 bits per heavy atom. The number of pyridine rings is 1. The molecule has 0 saturated carbocycles. The van der Waals surface area contributed by atoms with Gasteiger partial charge in [-0.15, -0.1) is 0 Å². The van der Waals surface area contributed by atoms with Crippen LogP contribution in [0, 0.1) is 11.3 Å². The molecule has 0 spiro atoms. The third-order valence-corrected chi connectivity index (χ3v) is 4.62. The van der Waals surface area contributed by atoms with E-state index >= 15 is 0 Å². The van der Waals surface area contributed by atoms with E-state index < -0.39 is 23.2 Å². The number of aromatic nitrogens is 2. The van der Waals surface area contributed by atoms with Crippen LogP contribution in [0.5, 0.6) is 0 Å². The SMILES string of the molecule is N#Cc1ccc(-c2cncc3c2ccn3C(=O)c2ccccc2C(F)(F)F)cc1. The molecule has 0 amide bonds. The number of benzene rings is 2. The van der Waals surface area contributed by atoms with Gasteiger partial charge in [0.1, 0.15) is 0 Å². The molecule has 4 nitrogen and oxygen atoms in total. The van der Waals surface area contributed by atoms with E-state index in [1.165, 1.54) is 29.1 Å². The first-order chi connectivity index (χ1) is 13.9. The van der Waals surface area contributed by atoms with Gasteiger partial charge in [0, 0.05) is 23.3 Å². The molecule has 0 fully saturated rings. The Morgan fingerprint density at radius 2 is 1.72 bits per heavy atom. The van der Waals surface area contributed by atoms with Gasteiger partial charge in [0.05, 0.1) is 34.5 Å². The number of halogens is 3. The highest BCUT2D eigenvalue weighted by Gasteiger charge is 2.35. The molecule has 2 aromatic carbocycles. The molecule has 0 radical (unpaired) electrons. The second-order valence-electron chi connectivity index (χ2n) is 6.34. The summed E-state index contributed by atoms with van der Waals surface area (Å²) in [7, 11) is 0. The zero-order valence-corrected chi connectivity index (χ0v) is 14.8. The molecule has 4 rings (SSSR count). The van der Waals surface area contributed by atoms with E-state index in [9.17, 15) is 18.0 Å². The number of rotatable bonds is 2. The molecule has 2 aromatic heterocycles. The van der Waals surface area contributed by atoms with Gasteiger partial charge in [-0.1, -0.05) is 24.3 Å². The standard InChI is InChI=1S/C22H12F3N3O/c23-22(24,25)19-4-2-1-3-17(19)21(29)28-10-9-16-18(12-27-13-20(16)28)15-7-5-14(11-26)6-8-15/h1-10,12-13H. The molecule has 2 heterocycles. The first-order valence-electron chi connectivity index (χ1n) is 8.56. The normalized spacial score (nSPS) is 11.4. The lowest BCUT2D eigenvalue weighted by atomic mass is 10.0. The van der Waals surface area contributed by atoms with E-state index in [1.54, 1.807) is 36.5 Å². The van der Waals surface area contributed by atoms with Gasteiger partial charge >= 0.3 is 6.18 Å². The van der Waals surface area contributed by atoms with E-state index in [2.05, 4.69) is 4.98 Å². The number of nitrogens with zero attached hydrogens (tertiary/aromatic N) is 3. The number of nitriles is 1. The number of carbonyl (C=O) groups excluding carboxylic acids is 1. The molecule has 0 aliphatic heterocycles. The monoisotopic (exact) mass is 391 g/mol. The summed E-state index contributed by atoms with van der Waals surface area (Å²) in [5.41, 5.74) is 0.981. The Kier molecular flexibility index (Phi) is 4.40. The molecule has 142 valence electrons. The van der Waals surface area contributed by atoms with Crippen molar-refractivity contribution in [2.24, 2.45) is 0 Å². The summed E-state index contributed by atoms with van der Waals surface area (Å²) in [4.78, 5) is 17.1. The third kappa shape index (κ3) is 3.25. The Hall–Kier alpha value is -3.92. The van der Waals surface area contributed by atoms with E-state index in [-0.39, 0.29) is 0 Å². The minimum atomic E-state index is -4.64. The molecule has 0 bridgehead atoms. The van der Waals surface area contributed by atoms with Crippen molar-refractivity contribution < 1.29 is 18.0 Å². The summed E-state index contributed by atoms with van der Waals surface area (Å²) in [5.74, 6) is -0.785. The van der Waals surface area contributed by atoms with Crippen molar-refractivity contribution in [1.29, 1.82) is 5.26 Å². The lowest BCUT2D eigenvalue weighted by Gasteiger charge is -2.12. The lowest BCUT2D eigenvalue weighted by molar-refractivity contribution is -0.137. The first-order valence-corrected chi connectivity index (χ1v) is 8.56. The van der Waals surface area contributed by atoms with Crippen LogP contribution in [0.4, 0.5) is 13.2 Å². The highest BCUT2D eigenvalue weighted by Crippen LogP contribution is 2.33. The topological polar surface area (TPSA) is 58.7 Å². The van der Waals surface area contributed by atoms with Crippen LogP contribution >= 0.6 is 0 Å². The van der Waals surface area contributed by atoms with Crippen LogP contribution in [0.1, 0.15) is 21.5 Å². The molecule has 0 unspecified atom stereocenters. The Balaban J connectivity index is 1.83. The van der Waals surface area contributed by atoms with Gasteiger partial charge in [-0.05, 0) is 35.9 Å². The maximum absolute atomic E-state index is 13.3. The van der Waals surface area contributed by atoms with Crippen LogP contribution in [-0.2, 0) is 6.18 Å². The lowest BCUT2D eigenvalue weighted by Crippen LogP contribution is -2.18. The van der Waals surface area contributed by atoms with Crippen LogP contribution in [0.2, 0.25) is 0 Å². The molecule has 7 heteroatoms. The van der Waals surface area contributed by atoms with Gasteiger partial charge < -0.3 is 0 Å². The zero-order chi connectivity index (χ0) is 20.6. The van der Waals surface area contributed by atoms with Gasteiger partial charge in [0.25, 0.3) is 5.91 Å². The average Bonchev–Trinajstić information content (AvgIpc) is 3.17. The molecule has 0 aliphatic carbocycles. The fourth-order valence-corrected chi connectivity index (χ4v) is 3.23. The quantitative estimate of drug-likeness (QED) is 0.467. The van der Waals surface area contributed by atoms with E-state index in [0.29, 0.717) is 22.0 Å². The fourth-order valence-electron chi connectivity index (χ4n) is 3.23. The molecular weight excluding hydrogens is 379 g/mol. The summed E-state index contributed by atoms with van der Waals surface area (Å²) in [5, 5.41) is 9.61. The van der Waals surface area contributed by atoms with Crippen molar-refractivity contribution >= 4 is 16.8 Å². The van der Waals surface area contributed by atoms with E-state index in [1.807, 2.05) is 6.07 Å². The van der Waals surface area contributed by atoms with Crippen molar-refractivity contribution in [3.05, 3.63) is 89.9 Å². The first kappa shape index (κ1) is 18.4. The Labute approximate surface area is 163 Å². The van der Waals surface area contributed by atoms with Crippen LogP contribution in [0.15, 0.2) is 73.2 Å². The highest BCUT2D eigenvalue weighted by molar-refractivity contribution is 6.05. The largest absolute Gasteiger partial charge is 0.417 e. The minimum Gasteiger partial charge on any atom is -0.282 e. The van der Waals surface area contributed by atoms with Crippen molar-refractivity contribution in [2.45, 2.75) is 6.18 Å². The molecular formula is C22H12F3N3O. The minimum absolute atomic E-state index is 0.397. The molecule has 0 aliphatic rings. The summed E-state index contributed by atoms with van der Waals surface area (Å²) in [6.07, 6.45) is -0.144. The number of carbonyl (C=O) groups is 1. The third-order valence-electron chi connectivity index (χ3n) is 4.62. The van der Waals surface area contributed by atoms with Gasteiger partial charge in [-0.2, -0.15) is 18.4 Å².